The number of nitrogens with one attached hydrogen (secondary N) is 1. The van der Waals surface area contributed by atoms with Crippen molar-refractivity contribution in [3.8, 4) is 17.2 Å². The van der Waals surface area contributed by atoms with E-state index in [1.807, 2.05) is 19.0 Å². The maximum Gasteiger partial charge on any atom is 0.232 e. The Morgan fingerprint density at radius 1 is 1.31 bits per heavy atom. The van der Waals surface area contributed by atoms with E-state index in [1.165, 1.54) is 14.2 Å². The highest BCUT2D eigenvalue weighted by Gasteiger charge is 2.65. The van der Waals surface area contributed by atoms with Crippen molar-refractivity contribution in [3.63, 3.8) is 0 Å². The predicted octanol–water partition coefficient (Wildman–Crippen LogP) is 1.71. The van der Waals surface area contributed by atoms with Crippen LogP contribution in [-0.2, 0) is 4.79 Å². The van der Waals surface area contributed by atoms with Crippen molar-refractivity contribution >= 4 is 23.2 Å². The Balaban J connectivity index is 1.85. The molecule has 0 radical (unpaired) electrons. The smallest absolute Gasteiger partial charge is 0.232 e. The van der Waals surface area contributed by atoms with Gasteiger partial charge in [0.05, 0.1) is 20.1 Å². The van der Waals surface area contributed by atoms with Gasteiger partial charge in [0, 0.05) is 31.6 Å². The van der Waals surface area contributed by atoms with Gasteiger partial charge in [0.15, 0.2) is 11.5 Å². The molecule has 1 N–H and O–H groups in total. The van der Waals surface area contributed by atoms with Gasteiger partial charge in [-0.2, -0.15) is 0 Å². The van der Waals surface area contributed by atoms with Crippen LogP contribution in [0.5, 0.6) is 17.2 Å². The van der Waals surface area contributed by atoms with Gasteiger partial charge in [-0.15, -0.1) is 0 Å². The quantitative estimate of drug-likeness (QED) is 0.783. The molecule has 4 atom stereocenters. The average Bonchev–Trinajstić information content (AvgIpc) is 3.14. The summed E-state index contributed by atoms with van der Waals surface area (Å²) < 4.78 is 16.7. The molecule has 1 aromatic carbocycles. The van der Waals surface area contributed by atoms with Crippen molar-refractivity contribution in [2.75, 3.05) is 27.8 Å². The number of rotatable bonds is 2. The highest BCUT2D eigenvalue weighted by atomic mass is 35.5. The number of carbonyl (C=O) groups excluding carboxylic acids is 2. The zero-order valence-corrected chi connectivity index (χ0v) is 15.8. The number of hydrogen-bond donors (Lipinski definition) is 1. The molecule has 2 heterocycles. The van der Waals surface area contributed by atoms with Crippen LogP contribution in [0, 0.1) is 11.8 Å². The average molecular weight is 381 g/mol. The molecule has 0 aromatic heterocycles. The van der Waals surface area contributed by atoms with Crippen molar-refractivity contribution in [2.24, 2.45) is 11.8 Å². The van der Waals surface area contributed by atoms with E-state index in [4.69, 9.17) is 25.8 Å². The molecule has 2 fully saturated rings. The summed E-state index contributed by atoms with van der Waals surface area (Å²) in [6, 6.07) is 1.60. The summed E-state index contributed by atoms with van der Waals surface area (Å²) in [5.41, 5.74) is 1.84. The number of halogens is 1. The molecule has 1 spiro atoms. The third kappa shape index (κ3) is 2.02. The molecular formula is C18H21ClN2O5. The number of fused-ring (bicyclic) bond motifs is 2. The zero-order chi connectivity index (χ0) is 18.8. The summed E-state index contributed by atoms with van der Waals surface area (Å²) >= 11 is 6.39. The van der Waals surface area contributed by atoms with Crippen LogP contribution in [-0.4, -0.2) is 56.0 Å². The van der Waals surface area contributed by atoms with E-state index in [1.54, 1.807) is 6.07 Å². The standard InChI is InChI=1S/C18H21ClN2O5/c1-8-5-10-9(7-20-21(10)2)16(22)18(8)17(23)13-11(24-3)6-12(25-4)14(19)15(13)26-18/h6,8-10,20H,5,7H2,1-4H3/t8-,9?,10?,18+/m1/s1. The zero-order valence-electron chi connectivity index (χ0n) is 15.1. The van der Waals surface area contributed by atoms with Gasteiger partial charge in [0.25, 0.3) is 0 Å². The third-order valence-electron chi connectivity index (χ3n) is 5.93. The summed E-state index contributed by atoms with van der Waals surface area (Å²) in [5, 5.41) is 2.13. The fourth-order valence-electron chi connectivity index (χ4n) is 4.49. The van der Waals surface area contributed by atoms with E-state index in [9.17, 15) is 9.59 Å². The van der Waals surface area contributed by atoms with Crippen molar-refractivity contribution in [3.05, 3.63) is 16.7 Å². The van der Waals surface area contributed by atoms with Crippen LogP contribution in [0.15, 0.2) is 6.07 Å². The Hall–Kier alpha value is -1.83. The minimum atomic E-state index is -1.56. The Morgan fingerprint density at radius 2 is 2.00 bits per heavy atom. The van der Waals surface area contributed by atoms with E-state index in [2.05, 4.69) is 5.43 Å². The number of ether oxygens (including phenoxy) is 3. The molecule has 7 nitrogen and oxygen atoms in total. The summed E-state index contributed by atoms with van der Waals surface area (Å²) in [7, 11) is 4.84. The summed E-state index contributed by atoms with van der Waals surface area (Å²) in [6.45, 7) is 2.37. The van der Waals surface area contributed by atoms with Gasteiger partial charge in [-0.05, 0) is 6.42 Å². The second-order valence-electron chi connectivity index (χ2n) is 7.11. The van der Waals surface area contributed by atoms with E-state index < -0.39 is 5.60 Å². The van der Waals surface area contributed by atoms with E-state index in [0.29, 0.717) is 24.5 Å². The van der Waals surface area contributed by atoms with Gasteiger partial charge in [-0.1, -0.05) is 18.5 Å². The van der Waals surface area contributed by atoms with Crippen LogP contribution in [0.1, 0.15) is 23.7 Å². The molecule has 8 heteroatoms. The van der Waals surface area contributed by atoms with Crippen molar-refractivity contribution in [1.82, 2.24) is 10.4 Å². The second-order valence-corrected chi connectivity index (χ2v) is 7.49. The van der Waals surface area contributed by atoms with Crippen molar-refractivity contribution < 1.29 is 23.8 Å². The number of carbonyl (C=O) groups is 2. The molecule has 0 amide bonds. The molecule has 1 saturated carbocycles. The highest BCUT2D eigenvalue weighted by Crippen LogP contribution is 2.54. The lowest BCUT2D eigenvalue weighted by Crippen LogP contribution is -2.62. The van der Waals surface area contributed by atoms with Crippen LogP contribution in [0.2, 0.25) is 5.02 Å². The maximum atomic E-state index is 13.4. The number of methoxy groups -OCH3 is 2. The maximum absolute atomic E-state index is 13.4. The van der Waals surface area contributed by atoms with E-state index in [0.717, 1.165) is 0 Å². The Labute approximate surface area is 156 Å². The summed E-state index contributed by atoms with van der Waals surface area (Å²) in [6.07, 6.45) is 0.663. The minimum absolute atomic E-state index is 0.0511. The largest absolute Gasteiger partial charge is 0.496 e. The van der Waals surface area contributed by atoms with Crippen LogP contribution in [0.4, 0.5) is 0 Å². The van der Waals surface area contributed by atoms with Gasteiger partial charge in [-0.25, -0.2) is 5.01 Å². The molecule has 2 unspecified atom stereocenters. The molecule has 140 valence electrons. The fourth-order valence-corrected chi connectivity index (χ4v) is 4.75. The van der Waals surface area contributed by atoms with E-state index >= 15 is 0 Å². The Morgan fingerprint density at radius 3 is 2.65 bits per heavy atom. The molecule has 0 bridgehead atoms. The van der Waals surface area contributed by atoms with Gasteiger partial charge >= 0.3 is 0 Å². The van der Waals surface area contributed by atoms with Crippen LogP contribution in [0.3, 0.4) is 0 Å². The number of Topliss-reactive ketones (excluding diaryl/α,β-unsaturated/α-hetero) is 2. The summed E-state index contributed by atoms with van der Waals surface area (Å²) in [4.78, 5) is 26.8. The number of ketones is 2. The van der Waals surface area contributed by atoms with Gasteiger partial charge < -0.3 is 14.2 Å². The lowest BCUT2D eigenvalue weighted by atomic mass is 9.66. The molecule has 1 aliphatic carbocycles. The first-order valence-corrected chi connectivity index (χ1v) is 8.93. The first kappa shape index (κ1) is 17.6. The van der Waals surface area contributed by atoms with Crippen LogP contribution < -0.4 is 19.6 Å². The van der Waals surface area contributed by atoms with Crippen molar-refractivity contribution in [1.29, 1.82) is 0 Å². The van der Waals surface area contributed by atoms with E-state index in [-0.39, 0.29) is 45.8 Å². The van der Waals surface area contributed by atoms with Crippen LogP contribution >= 0.6 is 11.6 Å². The molecule has 26 heavy (non-hydrogen) atoms. The second kappa shape index (κ2) is 5.84. The first-order chi connectivity index (χ1) is 12.4. The normalized spacial score (nSPS) is 33.2. The predicted molar refractivity (Wildman–Crippen MR) is 94.1 cm³/mol. The summed E-state index contributed by atoms with van der Waals surface area (Å²) in [5.74, 6) is -0.372. The SMILES string of the molecule is COc1cc(OC)c2c(c1Cl)O[C@]1(C2=O)C(=O)C2CNN(C)C2C[C@H]1C. The number of nitrogens with zero attached hydrogens (tertiary/aromatic N) is 1. The topological polar surface area (TPSA) is 77.1 Å². The van der Waals surface area contributed by atoms with Gasteiger partial charge in [-0.3, -0.25) is 15.0 Å². The van der Waals surface area contributed by atoms with Gasteiger partial charge in [0.1, 0.15) is 22.1 Å². The van der Waals surface area contributed by atoms with Gasteiger partial charge in [0.2, 0.25) is 11.4 Å². The molecule has 1 aromatic rings. The lowest BCUT2D eigenvalue weighted by molar-refractivity contribution is -0.143. The monoisotopic (exact) mass is 380 g/mol. The lowest BCUT2D eigenvalue weighted by Gasteiger charge is -2.41. The third-order valence-corrected chi connectivity index (χ3v) is 6.29. The fraction of sp³-hybridized carbons (Fsp3) is 0.556. The molecule has 2 aliphatic heterocycles. The Kier molecular flexibility index (Phi) is 3.95. The minimum Gasteiger partial charge on any atom is -0.496 e. The molecule has 4 rings (SSSR count). The van der Waals surface area contributed by atoms with Crippen LogP contribution in [0.25, 0.3) is 0 Å². The number of hydrogen-bond acceptors (Lipinski definition) is 7. The van der Waals surface area contributed by atoms with Crippen molar-refractivity contribution in [2.45, 2.75) is 25.0 Å². The number of benzene rings is 1. The number of hydrazine groups is 1. The molecule has 3 aliphatic rings. The Bertz CT molecular complexity index is 813. The highest BCUT2D eigenvalue weighted by molar-refractivity contribution is 6.36. The molecule has 1 saturated heterocycles. The molecular weight excluding hydrogens is 360 g/mol. The first-order valence-electron chi connectivity index (χ1n) is 8.55.